The fourth-order valence-corrected chi connectivity index (χ4v) is 1.62. The van der Waals surface area contributed by atoms with Crippen LogP contribution in [0.4, 0.5) is 5.69 Å². The fraction of sp³-hybridized carbons (Fsp3) is 0.111. The van der Waals surface area contributed by atoms with Gasteiger partial charge in [-0.05, 0) is 0 Å². The van der Waals surface area contributed by atoms with Gasteiger partial charge in [-0.1, -0.05) is 0 Å². The van der Waals surface area contributed by atoms with Crippen LogP contribution in [0.25, 0.3) is 5.76 Å². The van der Waals surface area contributed by atoms with Crippen LogP contribution in [0.1, 0.15) is 5.56 Å². The van der Waals surface area contributed by atoms with E-state index in [0.29, 0.717) is 0 Å². The smallest absolute Gasteiger partial charge is 0.213 e. The molecular weight excluding hydrogens is 261 g/mol. The topological polar surface area (TPSA) is 165 Å². The molecule has 1 aliphatic heterocycles. The molecule has 1 atom stereocenters. The molecule has 0 saturated carbocycles. The summed E-state index contributed by atoms with van der Waals surface area (Å²) < 4.78 is 0. The molecule has 2 rings (SSSR count). The lowest BCUT2D eigenvalue weighted by atomic mass is 10.0. The van der Waals surface area contributed by atoms with Crippen LogP contribution in [0.3, 0.4) is 0 Å². The van der Waals surface area contributed by atoms with Gasteiger partial charge < -0.3 is 35.7 Å². The Kier molecular flexibility index (Phi) is 3.33. The Balaban J connectivity index is 0.00000180. The van der Waals surface area contributed by atoms with Gasteiger partial charge in [0.2, 0.25) is 17.7 Å². The highest BCUT2D eigenvalue weighted by Crippen LogP contribution is 2.55. The first kappa shape index (κ1) is 14.6. The fourth-order valence-electron chi connectivity index (χ4n) is 1.62. The van der Waals surface area contributed by atoms with Crippen molar-refractivity contribution in [2.45, 2.75) is 6.23 Å². The summed E-state index contributed by atoms with van der Waals surface area (Å²) in [6.45, 7) is 0. The van der Waals surface area contributed by atoms with E-state index in [4.69, 9.17) is 0 Å². The molecule has 0 saturated heterocycles. The molecule has 101 valence electrons. The normalized spacial score (nSPS) is 18.0. The Morgan fingerprint density at radius 3 is 1.79 bits per heavy atom. The first-order valence-corrected chi connectivity index (χ1v) is 4.57. The number of aliphatic hydroxyl groups is 3. The number of hydrogen-bond donors (Lipinski definition) is 8. The lowest BCUT2D eigenvalue weighted by Gasteiger charge is -2.30. The quantitative estimate of drug-likeness (QED) is 0.175. The van der Waals surface area contributed by atoms with Gasteiger partial charge in [0.1, 0.15) is 5.69 Å². The van der Waals surface area contributed by atoms with E-state index in [9.17, 15) is 41.0 Å². The summed E-state index contributed by atoms with van der Waals surface area (Å²) in [6, 6.07) is 0. The van der Waals surface area contributed by atoms with Gasteiger partial charge in [0.25, 0.3) is 0 Å². The summed E-state index contributed by atoms with van der Waals surface area (Å²) in [5.74, 6) is -6.67. The minimum atomic E-state index is -2.10. The third kappa shape index (κ3) is 1.65. The Morgan fingerprint density at radius 2 is 1.26 bits per heavy atom. The van der Waals surface area contributed by atoms with Crippen LogP contribution in [0.15, 0.2) is 5.76 Å². The molecule has 3 radical (unpaired) electrons. The molecule has 19 heavy (non-hydrogen) atoms. The largest absolute Gasteiger partial charge is 0.505 e. The monoisotopic (exact) mass is 270 g/mol. The minimum Gasteiger partial charge on any atom is -0.505 e. The van der Waals surface area contributed by atoms with Crippen molar-refractivity contribution in [1.29, 1.82) is 0 Å². The van der Waals surface area contributed by atoms with Crippen molar-refractivity contribution < 1.29 is 41.0 Å². The number of benzene rings is 1. The van der Waals surface area contributed by atoms with Crippen molar-refractivity contribution in [1.82, 2.24) is 0 Å². The van der Waals surface area contributed by atoms with Crippen LogP contribution < -0.4 is 5.06 Å². The molecule has 1 unspecified atom stereocenters. The number of anilines is 1. The zero-order chi connectivity index (χ0) is 13.8. The van der Waals surface area contributed by atoms with Crippen LogP contribution in [0, 0.1) is 0 Å². The summed E-state index contributed by atoms with van der Waals surface area (Å²) in [6.07, 6.45) is -2.10. The average Bonchev–Trinajstić information content (AvgIpc) is 2.35. The molecule has 0 fully saturated rings. The minimum absolute atomic E-state index is 0. The van der Waals surface area contributed by atoms with Gasteiger partial charge in [0.15, 0.2) is 23.0 Å². The van der Waals surface area contributed by atoms with Gasteiger partial charge in [0, 0.05) is 8.41 Å². The Morgan fingerprint density at radius 1 is 0.789 bits per heavy atom. The number of rotatable bonds is 0. The van der Waals surface area contributed by atoms with E-state index in [1.807, 2.05) is 0 Å². The Labute approximate surface area is 107 Å². The number of phenolic OH excluding ortho intramolecular Hbond substituents is 4. The van der Waals surface area contributed by atoms with Crippen molar-refractivity contribution in [2.24, 2.45) is 0 Å². The van der Waals surface area contributed by atoms with E-state index in [2.05, 4.69) is 0 Å². The van der Waals surface area contributed by atoms with Crippen molar-refractivity contribution in [3.63, 3.8) is 0 Å². The van der Waals surface area contributed by atoms with Crippen molar-refractivity contribution >= 4 is 19.9 Å². The van der Waals surface area contributed by atoms with Gasteiger partial charge in [-0.3, -0.25) is 5.21 Å². The summed E-state index contributed by atoms with van der Waals surface area (Å²) in [7, 11) is 0. The number of aliphatic hydroxyl groups excluding tert-OH is 3. The molecule has 8 N–H and O–H groups in total. The molecule has 9 nitrogen and oxygen atoms in total. The van der Waals surface area contributed by atoms with Gasteiger partial charge in [-0.15, -0.1) is 0 Å². The molecule has 0 aromatic heterocycles. The van der Waals surface area contributed by atoms with Gasteiger partial charge in [-0.2, -0.15) is 0 Å². The molecule has 1 aromatic carbocycles. The van der Waals surface area contributed by atoms with E-state index in [-0.39, 0.29) is 13.5 Å². The van der Waals surface area contributed by atoms with Crippen molar-refractivity contribution in [2.75, 3.05) is 5.06 Å². The zero-order valence-corrected chi connectivity index (χ0v) is 9.18. The van der Waals surface area contributed by atoms with E-state index < -0.39 is 52.0 Å². The average molecular weight is 270 g/mol. The van der Waals surface area contributed by atoms with Gasteiger partial charge in [-0.25, -0.2) is 5.06 Å². The molecular formula is C9H9BNO8. The van der Waals surface area contributed by atoms with E-state index >= 15 is 0 Å². The lowest BCUT2D eigenvalue weighted by Crippen LogP contribution is -2.37. The van der Waals surface area contributed by atoms with E-state index in [0.717, 1.165) is 0 Å². The predicted molar refractivity (Wildman–Crippen MR) is 61.3 cm³/mol. The van der Waals surface area contributed by atoms with Crippen LogP contribution in [-0.4, -0.2) is 55.6 Å². The summed E-state index contributed by atoms with van der Waals surface area (Å²) in [5, 5.41) is 75.0. The Bertz CT molecular complexity index is 572. The second-order valence-corrected chi connectivity index (χ2v) is 3.57. The van der Waals surface area contributed by atoms with E-state index in [1.54, 1.807) is 0 Å². The molecule has 0 spiro atoms. The number of aromatic hydroxyl groups is 4. The molecule has 0 bridgehead atoms. The molecule has 1 aliphatic rings. The SMILES string of the molecule is OC1=C(O)C(O)N(O)c2c(O)c(O)c(O)c(O)c21.[B]. The summed E-state index contributed by atoms with van der Waals surface area (Å²) >= 11 is 0. The lowest BCUT2D eigenvalue weighted by molar-refractivity contribution is 0.0551. The summed E-state index contributed by atoms with van der Waals surface area (Å²) in [4.78, 5) is 0. The second kappa shape index (κ2) is 4.33. The first-order valence-electron chi connectivity index (χ1n) is 4.57. The van der Waals surface area contributed by atoms with Crippen molar-refractivity contribution in [3.05, 3.63) is 11.3 Å². The van der Waals surface area contributed by atoms with Crippen LogP contribution in [-0.2, 0) is 0 Å². The Hall–Kier alpha value is -2.46. The number of phenols is 4. The van der Waals surface area contributed by atoms with Crippen LogP contribution in [0.2, 0.25) is 0 Å². The molecule has 10 heteroatoms. The predicted octanol–water partition coefficient (Wildman–Crippen LogP) is -0.560. The zero-order valence-electron chi connectivity index (χ0n) is 9.18. The van der Waals surface area contributed by atoms with Gasteiger partial charge in [0.05, 0.1) is 5.56 Å². The number of hydrogen-bond acceptors (Lipinski definition) is 9. The first-order chi connectivity index (χ1) is 8.29. The molecule has 1 aromatic rings. The molecule has 1 heterocycles. The maximum Gasteiger partial charge on any atom is 0.213 e. The van der Waals surface area contributed by atoms with Crippen LogP contribution >= 0.6 is 0 Å². The highest BCUT2D eigenvalue weighted by molar-refractivity contribution is 5.89. The number of hydroxylamine groups is 1. The molecule has 0 aliphatic carbocycles. The second-order valence-electron chi connectivity index (χ2n) is 3.57. The van der Waals surface area contributed by atoms with Gasteiger partial charge >= 0.3 is 0 Å². The third-order valence-electron chi connectivity index (χ3n) is 2.56. The number of nitrogens with zero attached hydrogens (tertiary/aromatic N) is 1. The summed E-state index contributed by atoms with van der Waals surface area (Å²) in [5.41, 5.74) is -1.52. The van der Waals surface area contributed by atoms with E-state index in [1.165, 1.54) is 0 Å². The highest BCUT2D eigenvalue weighted by atomic mass is 16.5. The number of fused-ring (bicyclic) bond motifs is 1. The van der Waals surface area contributed by atoms with Crippen LogP contribution in [0.5, 0.6) is 23.0 Å². The van der Waals surface area contributed by atoms with Crippen molar-refractivity contribution in [3.8, 4) is 23.0 Å². The highest BCUT2D eigenvalue weighted by Gasteiger charge is 2.39. The maximum absolute atomic E-state index is 9.51. The third-order valence-corrected chi connectivity index (χ3v) is 2.56. The maximum atomic E-state index is 9.51. The molecule has 0 amide bonds. The standard InChI is InChI=1S/C9H9NO8.B/c11-3-1-2(5(13)7(15)6(3)14)10(18)9(17)8(16)4(1)12;/h9,11-18H;.